The standard InChI is InChI=1S/C29H47NO5.CH4O3S/c1-18(31)34-16-26(33)23-9-8-21-20-7-6-19-14-25(32)24(30-12-13-35-27(2,3)17-30)15-29(19,5)22(20)10-11-28(21,23)4;1-5(2,3)4/h19-25,32H,6-17H2,1-5H3;1H3,(H,2,3,4)/t19-,20-,21-,22-,23+,24-,25-,28-,29-;/m0./s1. The molecule has 5 rings (SSSR count). The van der Waals surface area contributed by atoms with Gasteiger partial charge in [-0.2, -0.15) is 8.42 Å². The third kappa shape index (κ3) is 6.61. The predicted molar refractivity (Wildman–Crippen MR) is 151 cm³/mol. The molecule has 0 unspecified atom stereocenters. The lowest BCUT2D eigenvalue weighted by molar-refractivity contribution is -0.170. The zero-order valence-corrected chi connectivity index (χ0v) is 26.0. The fourth-order valence-corrected chi connectivity index (χ4v) is 9.79. The molecule has 0 amide bonds. The Labute approximate surface area is 240 Å². The van der Waals surface area contributed by atoms with Gasteiger partial charge in [-0.1, -0.05) is 13.8 Å². The molecular weight excluding hydrogens is 534 g/mol. The lowest BCUT2D eigenvalue weighted by Gasteiger charge is -2.63. The van der Waals surface area contributed by atoms with Gasteiger partial charge < -0.3 is 14.6 Å². The average Bonchev–Trinajstić information content (AvgIpc) is 3.18. The largest absolute Gasteiger partial charge is 0.458 e. The van der Waals surface area contributed by atoms with Crippen molar-refractivity contribution < 1.29 is 37.1 Å². The molecule has 4 aliphatic carbocycles. The quantitative estimate of drug-likeness (QED) is 0.374. The second-order valence-corrected chi connectivity index (χ2v) is 15.9. The molecule has 230 valence electrons. The maximum Gasteiger partial charge on any atom is 0.303 e. The van der Waals surface area contributed by atoms with Crippen LogP contribution in [0.1, 0.15) is 86.0 Å². The number of esters is 1. The fourth-order valence-electron chi connectivity index (χ4n) is 9.79. The molecule has 1 heterocycles. The number of hydrogen-bond donors (Lipinski definition) is 2. The summed E-state index contributed by atoms with van der Waals surface area (Å²) in [6, 6.07) is 0.216. The van der Waals surface area contributed by atoms with E-state index in [1.54, 1.807) is 0 Å². The van der Waals surface area contributed by atoms with Gasteiger partial charge in [0.1, 0.15) is 6.61 Å². The van der Waals surface area contributed by atoms with Crippen LogP contribution in [-0.2, 0) is 29.2 Å². The van der Waals surface area contributed by atoms with Crippen molar-refractivity contribution in [3.63, 3.8) is 0 Å². The number of ether oxygens (including phenoxy) is 2. The van der Waals surface area contributed by atoms with Crippen LogP contribution in [0.4, 0.5) is 0 Å². The first-order valence-electron chi connectivity index (χ1n) is 15.1. The van der Waals surface area contributed by atoms with Gasteiger partial charge in [0, 0.05) is 32.0 Å². The third-order valence-electron chi connectivity index (χ3n) is 11.4. The Morgan fingerprint density at radius 3 is 2.30 bits per heavy atom. The number of aliphatic hydroxyl groups is 1. The molecule has 0 bridgehead atoms. The minimum Gasteiger partial charge on any atom is -0.458 e. The molecule has 5 aliphatic rings. The van der Waals surface area contributed by atoms with E-state index in [4.69, 9.17) is 14.0 Å². The van der Waals surface area contributed by atoms with E-state index < -0.39 is 10.1 Å². The number of morpholine rings is 1. The average molecular weight is 586 g/mol. The van der Waals surface area contributed by atoms with E-state index in [9.17, 15) is 23.1 Å². The van der Waals surface area contributed by atoms with E-state index >= 15 is 0 Å². The SMILES string of the molecule is CC(=O)OCC(=O)[C@H]1CC[C@H]2[C@@H]3CC[C@H]4C[C@H](O)[C@@H](N5CCOC(C)(C)C5)C[C@]4(C)[C@H]3CC[C@]12C.CS(=O)(=O)O. The topological polar surface area (TPSA) is 130 Å². The molecule has 9 atom stereocenters. The summed E-state index contributed by atoms with van der Waals surface area (Å²) in [5.41, 5.74) is 0.120. The van der Waals surface area contributed by atoms with Gasteiger partial charge >= 0.3 is 5.97 Å². The Kier molecular flexibility index (Phi) is 9.20. The highest BCUT2D eigenvalue weighted by Gasteiger charge is 2.62. The van der Waals surface area contributed by atoms with Crippen LogP contribution in [0.3, 0.4) is 0 Å². The number of Topliss-reactive ketones (excluding diaryl/α,β-unsaturated/α-hetero) is 1. The smallest absolute Gasteiger partial charge is 0.303 e. The van der Waals surface area contributed by atoms with Crippen LogP contribution in [0, 0.1) is 40.4 Å². The summed E-state index contributed by atoms with van der Waals surface area (Å²) in [5.74, 6) is 2.29. The molecular formula is C30H51NO8S. The number of carbonyl (C=O) groups is 2. The predicted octanol–water partition coefficient (Wildman–Crippen LogP) is 3.73. The van der Waals surface area contributed by atoms with Gasteiger partial charge in [0.15, 0.2) is 5.78 Å². The van der Waals surface area contributed by atoms with Gasteiger partial charge in [-0.15, -0.1) is 0 Å². The summed E-state index contributed by atoms with van der Waals surface area (Å²) in [7, 11) is -3.67. The molecule has 0 radical (unpaired) electrons. The lowest BCUT2D eigenvalue weighted by atomic mass is 9.44. The minimum atomic E-state index is -3.67. The summed E-state index contributed by atoms with van der Waals surface area (Å²) < 4.78 is 36.9. The number of nitrogens with zero attached hydrogens (tertiary/aromatic N) is 1. The van der Waals surface area contributed by atoms with Crippen molar-refractivity contribution in [2.45, 2.75) is 104 Å². The van der Waals surface area contributed by atoms with Crippen LogP contribution in [0.2, 0.25) is 0 Å². The summed E-state index contributed by atoms with van der Waals surface area (Å²) in [4.78, 5) is 26.8. The molecule has 0 spiro atoms. The minimum absolute atomic E-state index is 0.0230. The Balaban J connectivity index is 0.000000681. The summed E-state index contributed by atoms with van der Waals surface area (Å²) >= 11 is 0. The molecule has 0 aromatic carbocycles. The molecule has 0 aromatic heterocycles. The van der Waals surface area contributed by atoms with Crippen molar-refractivity contribution in [2.75, 3.05) is 32.6 Å². The number of hydrogen-bond acceptors (Lipinski definition) is 8. The molecule has 5 fully saturated rings. The van der Waals surface area contributed by atoms with Crippen LogP contribution in [0.15, 0.2) is 0 Å². The second kappa shape index (κ2) is 11.5. The number of carbonyl (C=O) groups excluding carboxylic acids is 2. The number of fused-ring (bicyclic) bond motifs is 5. The molecule has 1 aliphatic heterocycles. The monoisotopic (exact) mass is 585 g/mol. The second-order valence-electron chi connectivity index (χ2n) is 14.5. The summed E-state index contributed by atoms with van der Waals surface area (Å²) in [6.07, 6.45) is 9.24. The van der Waals surface area contributed by atoms with Gasteiger partial charge in [-0.05, 0) is 99.7 Å². The Morgan fingerprint density at radius 2 is 1.68 bits per heavy atom. The Morgan fingerprint density at radius 1 is 1.02 bits per heavy atom. The van der Waals surface area contributed by atoms with Crippen molar-refractivity contribution in [1.82, 2.24) is 4.90 Å². The van der Waals surface area contributed by atoms with Crippen molar-refractivity contribution in [1.29, 1.82) is 0 Å². The van der Waals surface area contributed by atoms with Crippen LogP contribution >= 0.6 is 0 Å². The first kappa shape index (κ1) is 31.9. The zero-order chi connectivity index (χ0) is 29.7. The number of rotatable bonds is 4. The van der Waals surface area contributed by atoms with Gasteiger partial charge in [0.2, 0.25) is 0 Å². The van der Waals surface area contributed by atoms with E-state index in [1.807, 2.05) is 0 Å². The highest BCUT2D eigenvalue weighted by Crippen LogP contribution is 2.67. The Bertz CT molecular complexity index is 1050. The highest BCUT2D eigenvalue weighted by molar-refractivity contribution is 7.85. The fraction of sp³-hybridized carbons (Fsp3) is 0.933. The molecule has 1 saturated heterocycles. The summed E-state index contributed by atoms with van der Waals surface area (Å²) in [5, 5.41) is 11.3. The third-order valence-corrected chi connectivity index (χ3v) is 11.4. The van der Waals surface area contributed by atoms with Crippen molar-refractivity contribution in [2.24, 2.45) is 40.4 Å². The van der Waals surface area contributed by atoms with E-state index in [0.29, 0.717) is 29.9 Å². The maximum absolute atomic E-state index is 13.0. The van der Waals surface area contributed by atoms with E-state index in [2.05, 4.69) is 32.6 Å². The zero-order valence-electron chi connectivity index (χ0n) is 25.2. The molecule has 4 saturated carbocycles. The van der Waals surface area contributed by atoms with Gasteiger partial charge in [-0.3, -0.25) is 19.0 Å². The van der Waals surface area contributed by atoms with Crippen LogP contribution in [0.25, 0.3) is 0 Å². The molecule has 0 aromatic rings. The number of aliphatic hydroxyl groups excluding tert-OH is 1. The van der Waals surface area contributed by atoms with Crippen molar-refractivity contribution in [3.05, 3.63) is 0 Å². The van der Waals surface area contributed by atoms with E-state index in [0.717, 1.165) is 51.8 Å². The molecule has 2 N–H and O–H groups in total. The van der Waals surface area contributed by atoms with Crippen LogP contribution in [-0.4, -0.2) is 85.0 Å². The van der Waals surface area contributed by atoms with Crippen molar-refractivity contribution >= 4 is 21.9 Å². The molecule has 40 heavy (non-hydrogen) atoms. The lowest BCUT2D eigenvalue weighted by Crippen LogP contribution is -2.62. The number of ketones is 1. The highest BCUT2D eigenvalue weighted by atomic mass is 32.2. The van der Waals surface area contributed by atoms with Gasteiger partial charge in [0.25, 0.3) is 10.1 Å². The normalized spacial score (nSPS) is 42.9. The van der Waals surface area contributed by atoms with Gasteiger partial charge in [0.05, 0.1) is 24.6 Å². The summed E-state index contributed by atoms with van der Waals surface area (Å²) in [6.45, 7) is 13.1. The van der Waals surface area contributed by atoms with Crippen molar-refractivity contribution in [3.8, 4) is 0 Å². The van der Waals surface area contributed by atoms with Gasteiger partial charge in [-0.25, -0.2) is 0 Å². The van der Waals surface area contributed by atoms with E-state index in [1.165, 1.54) is 26.2 Å². The molecule has 10 heteroatoms. The first-order chi connectivity index (χ1) is 18.4. The van der Waals surface area contributed by atoms with Crippen LogP contribution < -0.4 is 0 Å². The first-order valence-corrected chi connectivity index (χ1v) is 16.9. The maximum atomic E-state index is 13.0. The van der Waals surface area contributed by atoms with E-state index in [-0.39, 0.29) is 52.9 Å². The Hall–Kier alpha value is -1.07. The molecule has 9 nitrogen and oxygen atoms in total. The van der Waals surface area contributed by atoms with Crippen LogP contribution in [0.5, 0.6) is 0 Å².